The van der Waals surface area contributed by atoms with Crippen LogP contribution in [0.15, 0.2) is 24.3 Å². The van der Waals surface area contributed by atoms with Crippen LogP contribution < -0.4 is 10.1 Å². The fourth-order valence-electron chi connectivity index (χ4n) is 2.63. The molecule has 0 saturated carbocycles. The summed E-state index contributed by atoms with van der Waals surface area (Å²) in [5.41, 5.74) is 0.190. The Hall–Kier alpha value is -1.69. The van der Waals surface area contributed by atoms with Crippen LogP contribution in [0.3, 0.4) is 0 Å². The molecule has 1 amide bonds. The molecule has 2 rings (SSSR count). The van der Waals surface area contributed by atoms with Crippen LogP contribution in [0.4, 0.5) is 8.78 Å². The van der Waals surface area contributed by atoms with Gasteiger partial charge < -0.3 is 15.0 Å². The molecule has 0 aliphatic carbocycles. The molecular formula is C15H20F2N2O2. The van der Waals surface area contributed by atoms with E-state index < -0.39 is 6.61 Å². The minimum atomic E-state index is -2.94. The number of hydrogen-bond acceptors (Lipinski definition) is 3. The van der Waals surface area contributed by atoms with Gasteiger partial charge >= 0.3 is 6.61 Å². The molecular weight excluding hydrogens is 278 g/mol. The van der Waals surface area contributed by atoms with Crippen LogP contribution in [0.25, 0.3) is 0 Å². The SMILES string of the molecule is CCNC1CCCN(C(=O)c2ccccc2OC(F)F)C1. The molecule has 1 unspecified atom stereocenters. The second-order valence-electron chi connectivity index (χ2n) is 5.02. The number of piperidine rings is 1. The lowest BCUT2D eigenvalue weighted by Crippen LogP contribution is -2.48. The molecule has 1 N–H and O–H groups in total. The van der Waals surface area contributed by atoms with Gasteiger partial charge in [0.05, 0.1) is 5.56 Å². The summed E-state index contributed by atoms with van der Waals surface area (Å²) >= 11 is 0. The van der Waals surface area contributed by atoms with Crippen molar-refractivity contribution in [3.63, 3.8) is 0 Å². The normalized spacial score (nSPS) is 18.9. The van der Waals surface area contributed by atoms with E-state index in [1.807, 2.05) is 6.92 Å². The van der Waals surface area contributed by atoms with Crippen molar-refractivity contribution in [2.75, 3.05) is 19.6 Å². The highest BCUT2D eigenvalue weighted by molar-refractivity contribution is 5.97. The molecule has 0 radical (unpaired) electrons. The second-order valence-corrected chi connectivity index (χ2v) is 5.02. The molecule has 1 aliphatic rings. The van der Waals surface area contributed by atoms with Crippen molar-refractivity contribution in [3.05, 3.63) is 29.8 Å². The fourth-order valence-corrected chi connectivity index (χ4v) is 2.63. The van der Waals surface area contributed by atoms with E-state index in [9.17, 15) is 13.6 Å². The molecule has 1 aromatic rings. The Morgan fingerprint density at radius 2 is 2.24 bits per heavy atom. The number of alkyl halides is 2. The summed E-state index contributed by atoms with van der Waals surface area (Å²) in [4.78, 5) is 14.2. The smallest absolute Gasteiger partial charge is 0.387 e. The van der Waals surface area contributed by atoms with Gasteiger partial charge in [-0.1, -0.05) is 19.1 Å². The third kappa shape index (κ3) is 4.14. The number of likely N-dealkylation sites (tertiary alicyclic amines) is 1. The van der Waals surface area contributed by atoms with Crippen LogP contribution >= 0.6 is 0 Å². The lowest BCUT2D eigenvalue weighted by atomic mass is 10.0. The summed E-state index contributed by atoms with van der Waals surface area (Å²) < 4.78 is 29.3. The number of likely N-dealkylation sites (N-methyl/N-ethyl adjacent to an activating group) is 1. The molecule has 0 bridgehead atoms. The van der Waals surface area contributed by atoms with Crippen molar-refractivity contribution in [3.8, 4) is 5.75 Å². The first-order valence-electron chi connectivity index (χ1n) is 7.18. The van der Waals surface area contributed by atoms with E-state index in [1.165, 1.54) is 12.1 Å². The Kier molecular flexibility index (Phi) is 5.50. The van der Waals surface area contributed by atoms with E-state index in [-0.39, 0.29) is 23.3 Å². The van der Waals surface area contributed by atoms with Crippen LogP contribution in [-0.4, -0.2) is 43.1 Å². The summed E-state index contributed by atoms with van der Waals surface area (Å²) in [7, 11) is 0. The summed E-state index contributed by atoms with van der Waals surface area (Å²) in [6, 6.07) is 6.40. The minimum Gasteiger partial charge on any atom is -0.434 e. The number of halogens is 2. The van der Waals surface area contributed by atoms with Crippen molar-refractivity contribution < 1.29 is 18.3 Å². The Labute approximate surface area is 123 Å². The van der Waals surface area contributed by atoms with Gasteiger partial charge in [-0.25, -0.2) is 0 Å². The van der Waals surface area contributed by atoms with Gasteiger partial charge in [0.2, 0.25) is 0 Å². The molecule has 1 fully saturated rings. The Bertz CT molecular complexity index is 480. The van der Waals surface area contributed by atoms with E-state index in [4.69, 9.17) is 0 Å². The average Bonchev–Trinajstić information content (AvgIpc) is 2.47. The molecule has 1 aromatic carbocycles. The monoisotopic (exact) mass is 298 g/mol. The lowest BCUT2D eigenvalue weighted by molar-refractivity contribution is -0.0503. The van der Waals surface area contributed by atoms with Gasteiger partial charge in [-0.2, -0.15) is 8.78 Å². The maximum absolute atomic E-state index is 12.5. The van der Waals surface area contributed by atoms with Crippen molar-refractivity contribution in [1.82, 2.24) is 10.2 Å². The predicted molar refractivity (Wildman–Crippen MR) is 75.7 cm³/mol. The Morgan fingerprint density at radius 3 is 2.95 bits per heavy atom. The Morgan fingerprint density at radius 1 is 1.48 bits per heavy atom. The van der Waals surface area contributed by atoms with Crippen molar-refractivity contribution >= 4 is 5.91 Å². The number of hydrogen-bond donors (Lipinski definition) is 1. The highest BCUT2D eigenvalue weighted by Gasteiger charge is 2.26. The standard InChI is InChI=1S/C15H20F2N2O2/c1-2-18-11-6-5-9-19(10-11)14(20)12-7-3-4-8-13(12)21-15(16)17/h3-4,7-8,11,15,18H,2,5-6,9-10H2,1H3. The average molecular weight is 298 g/mol. The fraction of sp³-hybridized carbons (Fsp3) is 0.533. The van der Waals surface area contributed by atoms with E-state index >= 15 is 0 Å². The van der Waals surface area contributed by atoms with E-state index in [2.05, 4.69) is 10.1 Å². The highest BCUT2D eigenvalue weighted by Crippen LogP contribution is 2.23. The van der Waals surface area contributed by atoms with Crippen LogP contribution in [0.5, 0.6) is 5.75 Å². The van der Waals surface area contributed by atoms with Gasteiger partial charge in [0.25, 0.3) is 5.91 Å². The summed E-state index contributed by atoms with van der Waals surface area (Å²) in [5, 5.41) is 3.32. The summed E-state index contributed by atoms with van der Waals surface area (Å²) in [5.74, 6) is -0.322. The van der Waals surface area contributed by atoms with Crippen LogP contribution in [0.2, 0.25) is 0 Å². The minimum absolute atomic E-state index is 0.0666. The zero-order chi connectivity index (χ0) is 15.2. The number of rotatable bonds is 5. The van der Waals surface area contributed by atoms with E-state index in [0.717, 1.165) is 19.4 Å². The van der Waals surface area contributed by atoms with E-state index in [1.54, 1.807) is 17.0 Å². The van der Waals surface area contributed by atoms with Gasteiger partial charge in [0, 0.05) is 19.1 Å². The number of amides is 1. The number of para-hydroxylation sites is 1. The third-order valence-electron chi connectivity index (χ3n) is 3.53. The Balaban J connectivity index is 2.12. The molecule has 116 valence electrons. The zero-order valence-corrected chi connectivity index (χ0v) is 12.0. The number of nitrogens with zero attached hydrogens (tertiary/aromatic N) is 1. The number of carbonyl (C=O) groups is 1. The van der Waals surface area contributed by atoms with Crippen LogP contribution in [-0.2, 0) is 0 Å². The van der Waals surface area contributed by atoms with Crippen molar-refractivity contribution in [2.24, 2.45) is 0 Å². The van der Waals surface area contributed by atoms with Crippen LogP contribution in [0.1, 0.15) is 30.1 Å². The quantitative estimate of drug-likeness (QED) is 0.908. The van der Waals surface area contributed by atoms with Gasteiger partial charge in [-0.05, 0) is 31.5 Å². The second kappa shape index (κ2) is 7.36. The molecule has 6 heteroatoms. The first kappa shape index (κ1) is 15.7. The predicted octanol–water partition coefficient (Wildman–Crippen LogP) is 2.50. The largest absolute Gasteiger partial charge is 0.434 e. The first-order chi connectivity index (χ1) is 10.1. The molecule has 1 saturated heterocycles. The summed E-state index contributed by atoms with van der Waals surface area (Å²) in [6.45, 7) is 1.17. The van der Waals surface area contributed by atoms with Gasteiger partial charge in [-0.3, -0.25) is 4.79 Å². The molecule has 1 heterocycles. The zero-order valence-electron chi connectivity index (χ0n) is 12.0. The van der Waals surface area contributed by atoms with Gasteiger partial charge in [0.15, 0.2) is 0 Å². The van der Waals surface area contributed by atoms with Gasteiger partial charge in [-0.15, -0.1) is 0 Å². The maximum Gasteiger partial charge on any atom is 0.387 e. The highest BCUT2D eigenvalue weighted by atomic mass is 19.3. The van der Waals surface area contributed by atoms with Crippen LogP contribution in [0, 0.1) is 0 Å². The van der Waals surface area contributed by atoms with Gasteiger partial charge in [0.1, 0.15) is 5.75 Å². The number of ether oxygens (including phenoxy) is 1. The van der Waals surface area contributed by atoms with E-state index in [0.29, 0.717) is 13.1 Å². The number of carbonyl (C=O) groups excluding carboxylic acids is 1. The molecule has 1 aliphatic heterocycles. The third-order valence-corrected chi connectivity index (χ3v) is 3.53. The molecule has 0 spiro atoms. The topological polar surface area (TPSA) is 41.6 Å². The first-order valence-corrected chi connectivity index (χ1v) is 7.18. The molecule has 21 heavy (non-hydrogen) atoms. The van der Waals surface area contributed by atoms with Crippen molar-refractivity contribution in [1.29, 1.82) is 0 Å². The maximum atomic E-state index is 12.5. The molecule has 4 nitrogen and oxygen atoms in total. The number of nitrogens with one attached hydrogen (secondary N) is 1. The molecule has 0 aromatic heterocycles. The lowest BCUT2D eigenvalue weighted by Gasteiger charge is -2.33. The van der Waals surface area contributed by atoms with Crippen molar-refractivity contribution in [2.45, 2.75) is 32.4 Å². The summed E-state index contributed by atoms with van der Waals surface area (Å²) in [6.07, 6.45) is 1.92. The molecule has 1 atom stereocenters. The number of benzene rings is 1.